The zero-order valence-electron chi connectivity index (χ0n) is 10.8. The van der Waals surface area contributed by atoms with Gasteiger partial charge in [-0.1, -0.05) is 42.1 Å². The van der Waals surface area contributed by atoms with E-state index in [1.54, 1.807) is 0 Å². The van der Waals surface area contributed by atoms with E-state index in [9.17, 15) is 5.11 Å². The van der Waals surface area contributed by atoms with Crippen molar-refractivity contribution in [2.45, 2.75) is 38.7 Å². The molecule has 6 heteroatoms. The van der Waals surface area contributed by atoms with Gasteiger partial charge in [-0.2, -0.15) is 0 Å². The Bertz CT molecular complexity index is 515. The molecule has 1 unspecified atom stereocenters. The van der Waals surface area contributed by atoms with Gasteiger partial charge in [0.15, 0.2) is 5.82 Å². The van der Waals surface area contributed by atoms with Crippen molar-refractivity contribution in [3.63, 3.8) is 0 Å². The van der Waals surface area contributed by atoms with Crippen LogP contribution in [0, 0.1) is 0 Å². The quantitative estimate of drug-likeness (QED) is 0.800. The van der Waals surface area contributed by atoms with Crippen LogP contribution >= 0.6 is 15.9 Å². The van der Waals surface area contributed by atoms with Gasteiger partial charge in [-0.3, -0.25) is 0 Å². The molecule has 5 nitrogen and oxygen atoms in total. The van der Waals surface area contributed by atoms with E-state index in [4.69, 9.17) is 0 Å². The number of nitrogens with zero attached hydrogens (tertiary/aromatic N) is 3. The number of aromatic nitrogens is 4. The van der Waals surface area contributed by atoms with E-state index in [0.29, 0.717) is 5.82 Å². The molecule has 0 aliphatic heterocycles. The summed E-state index contributed by atoms with van der Waals surface area (Å²) in [5.74, 6) is 0.581. The van der Waals surface area contributed by atoms with Crippen LogP contribution in [0.15, 0.2) is 22.7 Å². The molecule has 0 amide bonds. The van der Waals surface area contributed by atoms with E-state index in [-0.39, 0.29) is 0 Å². The van der Waals surface area contributed by atoms with Crippen LogP contribution in [0.2, 0.25) is 0 Å². The van der Waals surface area contributed by atoms with Gasteiger partial charge in [0.2, 0.25) is 0 Å². The van der Waals surface area contributed by atoms with Crippen LogP contribution in [-0.2, 0) is 0 Å². The first-order valence-corrected chi connectivity index (χ1v) is 7.23. The first kappa shape index (κ1) is 14.1. The van der Waals surface area contributed by atoms with Crippen molar-refractivity contribution in [3.05, 3.63) is 28.2 Å². The number of H-pyrrole nitrogens is 1. The average molecular weight is 325 g/mol. The Hall–Kier alpha value is -1.27. The predicted molar refractivity (Wildman–Crippen MR) is 76.4 cm³/mol. The smallest absolute Gasteiger partial charge is 0.179 e. The minimum absolute atomic E-state index is 0.496. The molecule has 2 rings (SSSR count). The Labute approximate surface area is 120 Å². The third kappa shape index (κ3) is 3.61. The van der Waals surface area contributed by atoms with Gasteiger partial charge >= 0.3 is 0 Å². The minimum atomic E-state index is -0.496. The molecular formula is C13H17BrN4O. The summed E-state index contributed by atoms with van der Waals surface area (Å²) in [6.07, 6.45) is 3.54. The molecule has 1 heterocycles. The molecule has 1 aromatic heterocycles. The molecule has 0 aliphatic rings. The van der Waals surface area contributed by atoms with Gasteiger partial charge in [0.05, 0.1) is 6.10 Å². The lowest BCUT2D eigenvalue weighted by Crippen LogP contribution is -2.01. The molecule has 0 saturated heterocycles. The average Bonchev–Trinajstić information content (AvgIpc) is 2.92. The summed E-state index contributed by atoms with van der Waals surface area (Å²) in [7, 11) is 0. The summed E-state index contributed by atoms with van der Waals surface area (Å²) >= 11 is 3.44. The van der Waals surface area contributed by atoms with E-state index in [2.05, 4.69) is 43.5 Å². The van der Waals surface area contributed by atoms with E-state index in [1.165, 1.54) is 0 Å². The molecule has 2 N–H and O–H groups in total. The van der Waals surface area contributed by atoms with Crippen molar-refractivity contribution in [3.8, 4) is 11.4 Å². The van der Waals surface area contributed by atoms with E-state index >= 15 is 0 Å². The predicted octanol–water partition coefficient (Wildman–Crippen LogP) is 3.24. The Morgan fingerprint density at radius 2 is 2.21 bits per heavy atom. The SMILES string of the molecule is CCCCCC(O)c1cc(Br)ccc1-c1nnn[nH]1. The Morgan fingerprint density at radius 3 is 2.89 bits per heavy atom. The van der Waals surface area contributed by atoms with Crippen molar-refractivity contribution in [1.29, 1.82) is 0 Å². The maximum atomic E-state index is 10.3. The number of halogens is 1. The lowest BCUT2D eigenvalue weighted by molar-refractivity contribution is 0.164. The maximum Gasteiger partial charge on any atom is 0.179 e. The number of aliphatic hydroxyl groups excluding tert-OH is 1. The van der Waals surface area contributed by atoms with Crippen molar-refractivity contribution in [2.24, 2.45) is 0 Å². The number of aromatic amines is 1. The van der Waals surface area contributed by atoms with E-state index in [1.807, 2.05) is 18.2 Å². The lowest BCUT2D eigenvalue weighted by Gasteiger charge is -2.14. The van der Waals surface area contributed by atoms with Gasteiger partial charge in [-0.25, -0.2) is 5.10 Å². The fourth-order valence-electron chi connectivity index (χ4n) is 2.04. The number of unbranched alkanes of at least 4 members (excludes halogenated alkanes) is 2. The summed E-state index contributed by atoms with van der Waals surface area (Å²) in [5, 5.41) is 24.2. The highest BCUT2D eigenvalue weighted by atomic mass is 79.9. The number of aliphatic hydroxyl groups is 1. The standard InChI is InChI=1S/C13H17BrN4O/c1-2-3-4-5-12(19)11-8-9(14)6-7-10(11)13-15-17-18-16-13/h6-8,12,19H,2-5H2,1H3,(H,15,16,17,18). The number of benzene rings is 1. The van der Waals surface area contributed by atoms with Crippen molar-refractivity contribution >= 4 is 15.9 Å². The van der Waals surface area contributed by atoms with Crippen LogP contribution in [0.4, 0.5) is 0 Å². The van der Waals surface area contributed by atoms with Gasteiger partial charge < -0.3 is 5.11 Å². The molecule has 0 saturated carbocycles. The Kier molecular flexibility index (Phi) is 5.04. The summed E-state index contributed by atoms with van der Waals surface area (Å²) in [4.78, 5) is 0. The lowest BCUT2D eigenvalue weighted by atomic mass is 9.98. The molecule has 102 valence electrons. The maximum absolute atomic E-state index is 10.3. The Balaban J connectivity index is 2.25. The fourth-order valence-corrected chi connectivity index (χ4v) is 2.42. The van der Waals surface area contributed by atoms with Gasteiger partial charge in [0, 0.05) is 10.0 Å². The van der Waals surface area contributed by atoms with Crippen molar-refractivity contribution < 1.29 is 5.11 Å². The molecule has 0 spiro atoms. The second-order valence-corrected chi connectivity index (χ2v) is 5.41. The molecular weight excluding hydrogens is 308 g/mol. The number of hydrogen-bond donors (Lipinski definition) is 2. The number of rotatable bonds is 6. The highest BCUT2D eigenvalue weighted by Gasteiger charge is 2.16. The third-order valence-electron chi connectivity index (χ3n) is 3.05. The number of hydrogen-bond acceptors (Lipinski definition) is 4. The van der Waals surface area contributed by atoms with Gasteiger partial charge in [-0.15, -0.1) is 5.10 Å². The van der Waals surface area contributed by atoms with Crippen molar-refractivity contribution in [2.75, 3.05) is 0 Å². The normalized spacial score (nSPS) is 12.6. The van der Waals surface area contributed by atoms with Gasteiger partial charge in [0.1, 0.15) is 0 Å². The highest BCUT2D eigenvalue weighted by Crippen LogP contribution is 2.31. The van der Waals surface area contributed by atoms with Gasteiger partial charge in [-0.05, 0) is 40.6 Å². The molecule has 0 aliphatic carbocycles. The largest absolute Gasteiger partial charge is 0.388 e. The summed E-state index contributed by atoms with van der Waals surface area (Å²) in [6, 6.07) is 5.75. The molecule has 0 fully saturated rings. The Morgan fingerprint density at radius 1 is 1.37 bits per heavy atom. The second-order valence-electron chi connectivity index (χ2n) is 4.49. The summed E-state index contributed by atoms with van der Waals surface area (Å²) < 4.78 is 0.938. The van der Waals surface area contributed by atoms with Crippen LogP contribution in [0.3, 0.4) is 0 Å². The van der Waals surface area contributed by atoms with Crippen LogP contribution in [0.5, 0.6) is 0 Å². The highest BCUT2D eigenvalue weighted by molar-refractivity contribution is 9.10. The molecule has 19 heavy (non-hydrogen) atoms. The molecule has 1 aromatic carbocycles. The summed E-state index contributed by atoms with van der Waals surface area (Å²) in [6.45, 7) is 2.15. The van der Waals surface area contributed by atoms with Crippen LogP contribution in [0.25, 0.3) is 11.4 Å². The zero-order chi connectivity index (χ0) is 13.7. The zero-order valence-corrected chi connectivity index (χ0v) is 12.4. The molecule has 1 atom stereocenters. The van der Waals surface area contributed by atoms with Crippen molar-refractivity contribution in [1.82, 2.24) is 20.6 Å². The summed E-state index contributed by atoms with van der Waals surface area (Å²) in [5.41, 5.74) is 1.70. The van der Waals surface area contributed by atoms with E-state index < -0.39 is 6.10 Å². The monoisotopic (exact) mass is 324 g/mol. The second kappa shape index (κ2) is 6.77. The fraction of sp³-hybridized carbons (Fsp3) is 0.462. The van der Waals surface area contributed by atoms with E-state index in [0.717, 1.165) is 41.3 Å². The molecule has 0 radical (unpaired) electrons. The number of tetrazole rings is 1. The molecule has 0 bridgehead atoms. The first-order chi connectivity index (χ1) is 9.22. The topological polar surface area (TPSA) is 74.7 Å². The number of nitrogens with one attached hydrogen (secondary N) is 1. The van der Waals surface area contributed by atoms with Crippen LogP contribution in [-0.4, -0.2) is 25.7 Å². The first-order valence-electron chi connectivity index (χ1n) is 6.44. The minimum Gasteiger partial charge on any atom is -0.388 e. The van der Waals surface area contributed by atoms with Gasteiger partial charge in [0.25, 0.3) is 0 Å². The molecule has 2 aromatic rings. The van der Waals surface area contributed by atoms with Crippen LogP contribution in [0.1, 0.15) is 44.3 Å². The van der Waals surface area contributed by atoms with Crippen LogP contribution < -0.4 is 0 Å². The third-order valence-corrected chi connectivity index (χ3v) is 3.55.